The molecule has 0 rings (SSSR count). The molecular weight excluding hydrogens is 136 g/mol. The fourth-order valence-electron chi connectivity index (χ4n) is 1.08. The lowest BCUT2D eigenvalue weighted by Gasteiger charge is -2.14. The molecule has 0 saturated carbocycles. The van der Waals surface area contributed by atoms with Crippen molar-refractivity contribution in [3.63, 3.8) is 0 Å². The highest BCUT2D eigenvalue weighted by Crippen LogP contribution is 2.17. The van der Waals surface area contributed by atoms with Gasteiger partial charge in [-0.3, -0.25) is 0 Å². The molecule has 0 aromatic rings. The molecule has 0 aliphatic rings. The van der Waals surface area contributed by atoms with E-state index in [9.17, 15) is 4.79 Å². The second-order valence-corrected chi connectivity index (χ2v) is 4.02. The van der Waals surface area contributed by atoms with Crippen LogP contribution in [0.2, 0.25) is 0 Å². The van der Waals surface area contributed by atoms with Gasteiger partial charge in [-0.1, -0.05) is 34.1 Å². The third kappa shape index (κ3) is 5.00. The van der Waals surface area contributed by atoms with Crippen LogP contribution >= 0.6 is 0 Å². The molecule has 0 amide bonds. The Morgan fingerprint density at radius 1 is 1.09 bits per heavy atom. The van der Waals surface area contributed by atoms with Crippen molar-refractivity contribution in [1.29, 1.82) is 0 Å². The standard InChI is InChI=1S/C10H20O/c1-8(2)5-6-10(7-11)9(3)4/h7-10H,5-6H2,1-4H3/t10-/m0/s1. The molecule has 0 bridgehead atoms. The van der Waals surface area contributed by atoms with Crippen LogP contribution in [0.1, 0.15) is 40.5 Å². The van der Waals surface area contributed by atoms with Gasteiger partial charge in [0.2, 0.25) is 0 Å². The lowest BCUT2D eigenvalue weighted by molar-refractivity contribution is -0.112. The number of rotatable bonds is 5. The molecule has 1 nitrogen and oxygen atoms in total. The number of aldehydes is 1. The average Bonchev–Trinajstić information content (AvgIpc) is 1.87. The molecule has 0 aromatic heterocycles. The molecular formula is C10H20O. The summed E-state index contributed by atoms with van der Waals surface area (Å²) in [7, 11) is 0. The quantitative estimate of drug-likeness (QED) is 0.559. The van der Waals surface area contributed by atoms with Crippen LogP contribution in [0.4, 0.5) is 0 Å². The summed E-state index contributed by atoms with van der Waals surface area (Å²) in [6, 6.07) is 0. The highest BCUT2D eigenvalue weighted by molar-refractivity contribution is 5.53. The van der Waals surface area contributed by atoms with Crippen molar-refractivity contribution in [2.45, 2.75) is 40.5 Å². The normalized spacial score (nSPS) is 14.0. The first kappa shape index (κ1) is 10.7. The van der Waals surface area contributed by atoms with Crippen LogP contribution in [0.15, 0.2) is 0 Å². The molecule has 0 heterocycles. The summed E-state index contributed by atoms with van der Waals surface area (Å²) in [5, 5.41) is 0. The molecule has 0 aromatic carbocycles. The zero-order valence-corrected chi connectivity index (χ0v) is 8.13. The highest BCUT2D eigenvalue weighted by atomic mass is 16.1. The van der Waals surface area contributed by atoms with Crippen molar-refractivity contribution in [2.24, 2.45) is 17.8 Å². The molecule has 0 saturated heterocycles. The Balaban J connectivity index is 3.61. The van der Waals surface area contributed by atoms with E-state index < -0.39 is 0 Å². The van der Waals surface area contributed by atoms with Crippen LogP contribution in [-0.2, 0) is 4.79 Å². The molecule has 66 valence electrons. The molecule has 0 fully saturated rings. The molecule has 0 radical (unpaired) electrons. The maximum absolute atomic E-state index is 10.6. The van der Waals surface area contributed by atoms with E-state index in [1.165, 1.54) is 6.42 Å². The van der Waals surface area contributed by atoms with Crippen LogP contribution in [-0.4, -0.2) is 6.29 Å². The second-order valence-electron chi connectivity index (χ2n) is 4.02. The van der Waals surface area contributed by atoms with E-state index >= 15 is 0 Å². The topological polar surface area (TPSA) is 17.1 Å². The lowest BCUT2D eigenvalue weighted by Crippen LogP contribution is -2.10. The Kier molecular flexibility index (Phi) is 5.18. The first-order chi connectivity index (χ1) is 5.07. The lowest BCUT2D eigenvalue weighted by atomic mass is 9.90. The van der Waals surface area contributed by atoms with Gasteiger partial charge in [0, 0.05) is 5.92 Å². The fourth-order valence-corrected chi connectivity index (χ4v) is 1.08. The smallest absolute Gasteiger partial charge is 0.123 e. The number of hydrogen-bond donors (Lipinski definition) is 0. The number of carbonyl (C=O) groups is 1. The Morgan fingerprint density at radius 3 is 1.91 bits per heavy atom. The SMILES string of the molecule is CC(C)CC[C@@H](C=O)C(C)C. The minimum atomic E-state index is 0.275. The van der Waals surface area contributed by atoms with E-state index in [0.717, 1.165) is 18.6 Å². The predicted octanol–water partition coefficient (Wildman–Crippen LogP) is 2.89. The molecule has 0 N–H and O–H groups in total. The minimum absolute atomic E-state index is 0.275. The molecule has 0 spiro atoms. The summed E-state index contributed by atoms with van der Waals surface area (Å²) >= 11 is 0. The van der Waals surface area contributed by atoms with Crippen molar-refractivity contribution >= 4 is 6.29 Å². The Morgan fingerprint density at radius 2 is 1.64 bits per heavy atom. The molecule has 0 aliphatic carbocycles. The van der Waals surface area contributed by atoms with Crippen molar-refractivity contribution < 1.29 is 4.79 Å². The molecule has 1 heteroatoms. The van der Waals surface area contributed by atoms with E-state index in [-0.39, 0.29) is 5.92 Å². The second kappa shape index (κ2) is 5.34. The van der Waals surface area contributed by atoms with Gasteiger partial charge in [0.1, 0.15) is 6.29 Å². The van der Waals surface area contributed by atoms with Crippen molar-refractivity contribution in [3.05, 3.63) is 0 Å². The van der Waals surface area contributed by atoms with E-state index in [1.54, 1.807) is 0 Å². The average molecular weight is 156 g/mol. The van der Waals surface area contributed by atoms with Crippen molar-refractivity contribution in [2.75, 3.05) is 0 Å². The molecule has 11 heavy (non-hydrogen) atoms. The molecule has 0 aliphatic heterocycles. The van der Waals surface area contributed by atoms with Gasteiger partial charge >= 0.3 is 0 Å². The van der Waals surface area contributed by atoms with Crippen LogP contribution in [0, 0.1) is 17.8 Å². The molecule has 1 atom stereocenters. The predicted molar refractivity (Wildman–Crippen MR) is 48.5 cm³/mol. The zero-order valence-electron chi connectivity index (χ0n) is 8.13. The van der Waals surface area contributed by atoms with Gasteiger partial charge in [-0.2, -0.15) is 0 Å². The first-order valence-electron chi connectivity index (χ1n) is 4.53. The van der Waals surface area contributed by atoms with Gasteiger partial charge in [-0.25, -0.2) is 0 Å². The summed E-state index contributed by atoms with van der Waals surface area (Å²) < 4.78 is 0. The first-order valence-corrected chi connectivity index (χ1v) is 4.53. The summed E-state index contributed by atoms with van der Waals surface area (Å²) in [5.41, 5.74) is 0. The largest absolute Gasteiger partial charge is 0.303 e. The van der Waals surface area contributed by atoms with Crippen LogP contribution in [0.3, 0.4) is 0 Å². The van der Waals surface area contributed by atoms with Crippen LogP contribution in [0.5, 0.6) is 0 Å². The summed E-state index contributed by atoms with van der Waals surface area (Å²) in [5.74, 6) is 1.50. The summed E-state index contributed by atoms with van der Waals surface area (Å²) in [6.45, 7) is 8.61. The number of carbonyl (C=O) groups excluding carboxylic acids is 1. The fraction of sp³-hybridized carbons (Fsp3) is 0.900. The summed E-state index contributed by atoms with van der Waals surface area (Å²) in [4.78, 5) is 10.6. The van der Waals surface area contributed by atoms with Gasteiger partial charge in [0.05, 0.1) is 0 Å². The minimum Gasteiger partial charge on any atom is -0.303 e. The van der Waals surface area contributed by atoms with E-state index in [0.29, 0.717) is 5.92 Å². The maximum atomic E-state index is 10.6. The van der Waals surface area contributed by atoms with Crippen LogP contribution in [0.25, 0.3) is 0 Å². The zero-order chi connectivity index (χ0) is 8.85. The number of hydrogen-bond acceptors (Lipinski definition) is 1. The third-order valence-corrected chi connectivity index (χ3v) is 2.11. The van der Waals surface area contributed by atoms with Crippen molar-refractivity contribution in [1.82, 2.24) is 0 Å². The van der Waals surface area contributed by atoms with Gasteiger partial charge < -0.3 is 4.79 Å². The Labute approximate surface area is 70.2 Å². The van der Waals surface area contributed by atoms with E-state index in [4.69, 9.17) is 0 Å². The van der Waals surface area contributed by atoms with E-state index in [1.807, 2.05) is 0 Å². The van der Waals surface area contributed by atoms with Crippen LogP contribution < -0.4 is 0 Å². The van der Waals surface area contributed by atoms with Gasteiger partial charge in [-0.15, -0.1) is 0 Å². The Bertz CT molecular complexity index is 105. The molecule has 0 unspecified atom stereocenters. The van der Waals surface area contributed by atoms with Crippen molar-refractivity contribution in [3.8, 4) is 0 Å². The van der Waals surface area contributed by atoms with Gasteiger partial charge in [0.25, 0.3) is 0 Å². The van der Waals surface area contributed by atoms with Gasteiger partial charge in [0.15, 0.2) is 0 Å². The monoisotopic (exact) mass is 156 g/mol. The third-order valence-electron chi connectivity index (χ3n) is 2.11. The summed E-state index contributed by atoms with van der Waals surface area (Å²) in [6.07, 6.45) is 3.33. The maximum Gasteiger partial charge on any atom is 0.123 e. The highest BCUT2D eigenvalue weighted by Gasteiger charge is 2.11. The van der Waals surface area contributed by atoms with E-state index in [2.05, 4.69) is 27.7 Å². The van der Waals surface area contributed by atoms with Gasteiger partial charge in [-0.05, 0) is 18.3 Å². The Hall–Kier alpha value is -0.330.